The number of hydrogen-bond acceptors (Lipinski definition) is 5. The summed E-state index contributed by atoms with van der Waals surface area (Å²) in [5, 5.41) is 11.1. The third kappa shape index (κ3) is 3.33. The Morgan fingerprint density at radius 3 is 2.89 bits per heavy atom. The van der Waals surface area contributed by atoms with Gasteiger partial charge < -0.3 is 9.73 Å². The lowest BCUT2D eigenvalue weighted by Gasteiger charge is -1.98. The van der Waals surface area contributed by atoms with Crippen molar-refractivity contribution >= 4 is 0 Å². The number of pyridine rings is 1. The van der Waals surface area contributed by atoms with E-state index in [0.29, 0.717) is 23.9 Å². The predicted octanol–water partition coefficient (Wildman–Crippen LogP) is 1.81. The van der Waals surface area contributed by atoms with E-state index in [4.69, 9.17) is 4.42 Å². The third-order valence-corrected chi connectivity index (χ3v) is 2.36. The first-order chi connectivity index (χ1) is 8.79. The Balaban J connectivity index is 1.95. The molecule has 6 heteroatoms. The standard InChI is InChI=1S/C12H15FN4O/c1-2-6-14-7-5-11-16-17-12(18-11)10-4-3-9(13)8-15-10/h3-4,8,14H,2,5-7H2,1H3. The Labute approximate surface area is 104 Å². The Morgan fingerprint density at radius 2 is 2.17 bits per heavy atom. The molecular formula is C12H15FN4O. The summed E-state index contributed by atoms with van der Waals surface area (Å²) in [6.45, 7) is 3.88. The van der Waals surface area contributed by atoms with Gasteiger partial charge in [0.2, 0.25) is 5.89 Å². The summed E-state index contributed by atoms with van der Waals surface area (Å²) in [4.78, 5) is 3.88. The fourth-order valence-corrected chi connectivity index (χ4v) is 1.46. The van der Waals surface area contributed by atoms with Crippen molar-refractivity contribution in [3.8, 4) is 11.6 Å². The van der Waals surface area contributed by atoms with Gasteiger partial charge >= 0.3 is 0 Å². The Kier molecular flexibility index (Phi) is 4.35. The molecular weight excluding hydrogens is 235 g/mol. The lowest BCUT2D eigenvalue weighted by molar-refractivity contribution is 0.493. The smallest absolute Gasteiger partial charge is 0.266 e. The lowest BCUT2D eigenvalue weighted by Crippen LogP contribution is -2.17. The average molecular weight is 250 g/mol. The highest BCUT2D eigenvalue weighted by molar-refractivity contribution is 5.45. The van der Waals surface area contributed by atoms with E-state index in [9.17, 15) is 4.39 Å². The zero-order chi connectivity index (χ0) is 12.8. The minimum Gasteiger partial charge on any atom is -0.419 e. The van der Waals surface area contributed by atoms with Gasteiger partial charge in [-0.15, -0.1) is 10.2 Å². The Morgan fingerprint density at radius 1 is 1.28 bits per heavy atom. The van der Waals surface area contributed by atoms with E-state index in [1.54, 1.807) is 0 Å². The van der Waals surface area contributed by atoms with Crippen LogP contribution in [-0.2, 0) is 6.42 Å². The number of nitrogens with one attached hydrogen (secondary N) is 1. The van der Waals surface area contributed by atoms with Crippen LogP contribution in [-0.4, -0.2) is 28.3 Å². The largest absolute Gasteiger partial charge is 0.419 e. The molecule has 0 aliphatic heterocycles. The van der Waals surface area contributed by atoms with Crippen LogP contribution in [0.25, 0.3) is 11.6 Å². The molecule has 0 aliphatic carbocycles. The number of rotatable bonds is 6. The molecule has 2 heterocycles. The Bertz CT molecular complexity index is 483. The van der Waals surface area contributed by atoms with E-state index in [1.165, 1.54) is 12.1 Å². The van der Waals surface area contributed by atoms with Gasteiger partial charge in [0.05, 0.1) is 6.20 Å². The van der Waals surface area contributed by atoms with Crippen LogP contribution in [0, 0.1) is 5.82 Å². The highest BCUT2D eigenvalue weighted by Crippen LogP contribution is 2.15. The van der Waals surface area contributed by atoms with Crippen molar-refractivity contribution in [2.75, 3.05) is 13.1 Å². The van der Waals surface area contributed by atoms with E-state index in [2.05, 4.69) is 27.4 Å². The van der Waals surface area contributed by atoms with Crippen molar-refractivity contribution < 1.29 is 8.81 Å². The Hall–Kier alpha value is -1.82. The number of aromatic nitrogens is 3. The van der Waals surface area contributed by atoms with Gasteiger partial charge in [0, 0.05) is 13.0 Å². The van der Waals surface area contributed by atoms with Gasteiger partial charge in [-0.25, -0.2) is 9.37 Å². The van der Waals surface area contributed by atoms with Crippen molar-refractivity contribution in [1.82, 2.24) is 20.5 Å². The molecule has 0 amide bonds. The second-order valence-electron chi connectivity index (χ2n) is 3.86. The molecule has 0 atom stereocenters. The van der Waals surface area contributed by atoms with Crippen molar-refractivity contribution in [2.24, 2.45) is 0 Å². The van der Waals surface area contributed by atoms with Crippen LogP contribution >= 0.6 is 0 Å². The van der Waals surface area contributed by atoms with Gasteiger partial charge in [-0.05, 0) is 25.1 Å². The summed E-state index contributed by atoms with van der Waals surface area (Å²) < 4.78 is 18.2. The molecule has 0 unspecified atom stereocenters. The SMILES string of the molecule is CCCNCCc1nnc(-c2ccc(F)cn2)o1. The van der Waals surface area contributed by atoms with Gasteiger partial charge in [-0.1, -0.05) is 6.92 Å². The monoisotopic (exact) mass is 250 g/mol. The minimum absolute atomic E-state index is 0.320. The molecule has 18 heavy (non-hydrogen) atoms. The second-order valence-corrected chi connectivity index (χ2v) is 3.86. The van der Waals surface area contributed by atoms with E-state index in [-0.39, 0.29) is 5.82 Å². The van der Waals surface area contributed by atoms with Crippen molar-refractivity contribution in [1.29, 1.82) is 0 Å². The molecule has 0 aliphatic rings. The van der Waals surface area contributed by atoms with Crippen molar-refractivity contribution in [3.05, 3.63) is 30.0 Å². The quantitative estimate of drug-likeness (QED) is 0.792. The minimum atomic E-state index is -0.387. The first-order valence-corrected chi connectivity index (χ1v) is 5.94. The molecule has 1 N–H and O–H groups in total. The van der Waals surface area contributed by atoms with Crippen LogP contribution in [0.2, 0.25) is 0 Å². The van der Waals surface area contributed by atoms with Crippen LogP contribution < -0.4 is 5.32 Å². The molecule has 0 bridgehead atoms. The maximum Gasteiger partial charge on any atom is 0.266 e. The van der Waals surface area contributed by atoms with E-state index in [1.807, 2.05) is 0 Å². The first kappa shape index (κ1) is 12.6. The molecule has 0 saturated heterocycles. The summed E-state index contributed by atoms with van der Waals surface area (Å²) in [6, 6.07) is 2.83. The normalized spacial score (nSPS) is 10.8. The number of halogens is 1. The highest BCUT2D eigenvalue weighted by Gasteiger charge is 2.09. The average Bonchev–Trinajstić information content (AvgIpc) is 2.84. The first-order valence-electron chi connectivity index (χ1n) is 5.94. The van der Waals surface area contributed by atoms with Crippen LogP contribution in [0.4, 0.5) is 4.39 Å². The summed E-state index contributed by atoms with van der Waals surface area (Å²) in [5.41, 5.74) is 0.483. The summed E-state index contributed by atoms with van der Waals surface area (Å²) in [6.07, 6.45) is 2.89. The number of hydrogen-bond donors (Lipinski definition) is 1. The molecule has 2 rings (SSSR count). The third-order valence-electron chi connectivity index (χ3n) is 2.36. The van der Waals surface area contributed by atoms with E-state index < -0.39 is 0 Å². The zero-order valence-electron chi connectivity index (χ0n) is 10.2. The van der Waals surface area contributed by atoms with E-state index in [0.717, 1.165) is 25.7 Å². The fourth-order valence-electron chi connectivity index (χ4n) is 1.46. The molecule has 96 valence electrons. The topological polar surface area (TPSA) is 63.8 Å². The van der Waals surface area contributed by atoms with Gasteiger partial charge in [0.15, 0.2) is 0 Å². The highest BCUT2D eigenvalue weighted by atomic mass is 19.1. The maximum atomic E-state index is 12.7. The maximum absolute atomic E-state index is 12.7. The van der Waals surface area contributed by atoms with Crippen LogP contribution in [0.5, 0.6) is 0 Å². The van der Waals surface area contributed by atoms with Crippen LogP contribution in [0.3, 0.4) is 0 Å². The van der Waals surface area contributed by atoms with Crippen molar-refractivity contribution in [3.63, 3.8) is 0 Å². The summed E-state index contributed by atoms with van der Waals surface area (Å²) in [5.74, 6) is 0.488. The lowest BCUT2D eigenvalue weighted by atomic mass is 10.3. The molecule has 2 aromatic heterocycles. The predicted molar refractivity (Wildman–Crippen MR) is 64.4 cm³/mol. The molecule has 0 aromatic carbocycles. The fraction of sp³-hybridized carbons (Fsp3) is 0.417. The molecule has 0 radical (unpaired) electrons. The van der Waals surface area contributed by atoms with Gasteiger partial charge in [-0.2, -0.15) is 0 Å². The molecule has 0 fully saturated rings. The van der Waals surface area contributed by atoms with Crippen LogP contribution in [0.15, 0.2) is 22.7 Å². The molecule has 0 spiro atoms. The number of nitrogens with zero attached hydrogens (tertiary/aromatic N) is 3. The molecule has 0 saturated carbocycles. The van der Waals surface area contributed by atoms with E-state index >= 15 is 0 Å². The van der Waals surface area contributed by atoms with Gasteiger partial charge in [0.25, 0.3) is 5.89 Å². The molecule has 2 aromatic rings. The van der Waals surface area contributed by atoms with Gasteiger partial charge in [0.1, 0.15) is 11.5 Å². The zero-order valence-corrected chi connectivity index (χ0v) is 10.2. The van der Waals surface area contributed by atoms with Crippen molar-refractivity contribution in [2.45, 2.75) is 19.8 Å². The van der Waals surface area contributed by atoms with Crippen LogP contribution in [0.1, 0.15) is 19.2 Å². The van der Waals surface area contributed by atoms with Gasteiger partial charge in [-0.3, -0.25) is 0 Å². The molecule has 5 nitrogen and oxygen atoms in total. The second kappa shape index (κ2) is 6.20. The summed E-state index contributed by atoms with van der Waals surface area (Å²) >= 11 is 0. The summed E-state index contributed by atoms with van der Waals surface area (Å²) in [7, 11) is 0.